The fraction of sp³-hybridized carbons (Fsp3) is 0. The smallest absolute Gasteiger partial charge is 0.0702 e. The Morgan fingerprint density at radius 3 is 2.10 bits per heavy atom. The summed E-state index contributed by atoms with van der Waals surface area (Å²) in [6, 6.07) is 19.6. The molecule has 20 heavy (non-hydrogen) atoms. The van der Waals surface area contributed by atoms with Crippen LogP contribution in [0.25, 0.3) is 22.4 Å². The number of pyridine rings is 1. The molecule has 0 aliphatic heterocycles. The van der Waals surface area contributed by atoms with Crippen molar-refractivity contribution in [1.29, 1.82) is 0 Å². The number of hydrogen-bond acceptors (Lipinski definition) is 1. The van der Waals surface area contributed by atoms with Gasteiger partial charge in [0, 0.05) is 21.8 Å². The van der Waals surface area contributed by atoms with Crippen LogP contribution < -0.4 is 0 Å². The maximum Gasteiger partial charge on any atom is 0.0702 e. The predicted octanol–water partition coefficient (Wildman–Crippen LogP) is 5.72. The molecule has 0 bridgehead atoms. The first-order valence-electron chi connectivity index (χ1n) is 6.20. The van der Waals surface area contributed by atoms with Crippen LogP contribution in [0.2, 0.25) is 10.0 Å². The van der Waals surface area contributed by atoms with Crippen molar-refractivity contribution in [2.45, 2.75) is 0 Å². The van der Waals surface area contributed by atoms with Gasteiger partial charge in [-0.25, -0.2) is 0 Å². The van der Waals surface area contributed by atoms with Gasteiger partial charge in [-0.1, -0.05) is 47.5 Å². The highest BCUT2D eigenvalue weighted by molar-refractivity contribution is 6.35. The van der Waals surface area contributed by atoms with E-state index in [1.54, 1.807) is 12.3 Å². The molecule has 3 aromatic rings. The fourth-order valence-corrected chi connectivity index (χ4v) is 2.64. The van der Waals surface area contributed by atoms with E-state index in [9.17, 15) is 0 Å². The van der Waals surface area contributed by atoms with Gasteiger partial charge in [0.2, 0.25) is 0 Å². The highest BCUT2D eigenvalue weighted by atomic mass is 35.5. The Balaban J connectivity index is 2.07. The molecule has 0 aliphatic rings. The molecule has 98 valence electrons. The van der Waals surface area contributed by atoms with Gasteiger partial charge < -0.3 is 0 Å². The van der Waals surface area contributed by atoms with Crippen LogP contribution in [0.15, 0.2) is 66.9 Å². The first-order chi connectivity index (χ1) is 9.72. The third-order valence-electron chi connectivity index (χ3n) is 3.02. The zero-order valence-electron chi connectivity index (χ0n) is 10.6. The standard InChI is InChI=1S/C17H11Cl2N/c18-15-9-14(10-16(19)11-15)12-4-3-5-13(8-12)17-6-1-2-7-20-17/h1-11H. The lowest BCUT2D eigenvalue weighted by atomic mass is 10.0. The maximum absolute atomic E-state index is 6.06. The average molecular weight is 300 g/mol. The molecule has 3 rings (SSSR count). The van der Waals surface area contributed by atoms with E-state index in [0.29, 0.717) is 10.0 Å². The van der Waals surface area contributed by atoms with Gasteiger partial charge >= 0.3 is 0 Å². The minimum absolute atomic E-state index is 0.635. The molecule has 0 fully saturated rings. The van der Waals surface area contributed by atoms with Crippen molar-refractivity contribution in [2.75, 3.05) is 0 Å². The van der Waals surface area contributed by atoms with Crippen molar-refractivity contribution < 1.29 is 0 Å². The first kappa shape index (κ1) is 13.2. The van der Waals surface area contributed by atoms with Gasteiger partial charge in [-0.3, -0.25) is 4.98 Å². The molecule has 0 atom stereocenters. The van der Waals surface area contributed by atoms with Crippen molar-refractivity contribution >= 4 is 23.2 Å². The molecule has 0 radical (unpaired) electrons. The van der Waals surface area contributed by atoms with Crippen molar-refractivity contribution in [1.82, 2.24) is 4.98 Å². The first-order valence-corrected chi connectivity index (χ1v) is 6.96. The summed E-state index contributed by atoms with van der Waals surface area (Å²) in [7, 11) is 0. The number of rotatable bonds is 2. The molecular formula is C17H11Cl2N. The summed E-state index contributed by atoms with van der Waals surface area (Å²) in [6.07, 6.45) is 1.79. The van der Waals surface area contributed by atoms with Gasteiger partial charge in [0.25, 0.3) is 0 Å². The number of hydrogen-bond donors (Lipinski definition) is 0. The zero-order chi connectivity index (χ0) is 13.9. The van der Waals surface area contributed by atoms with Crippen LogP contribution in [-0.4, -0.2) is 4.98 Å². The lowest BCUT2D eigenvalue weighted by Gasteiger charge is -2.06. The van der Waals surface area contributed by atoms with Gasteiger partial charge in [-0.15, -0.1) is 0 Å². The van der Waals surface area contributed by atoms with E-state index in [-0.39, 0.29) is 0 Å². The fourth-order valence-electron chi connectivity index (χ4n) is 2.11. The van der Waals surface area contributed by atoms with Crippen molar-refractivity contribution in [3.8, 4) is 22.4 Å². The highest BCUT2D eigenvalue weighted by Crippen LogP contribution is 2.29. The normalized spacial score (nSPS) is 10.5. The van der Waals surface area contributed by atoms with Crippen molar-refractivity contribution in [3.05, 3.63) is 76.9 Å². The van der Waals surface area contributed by atoms with Crippen LogP contribution in [0.4, 0.5) is 0 Å². The Bertz CT molecular complexity index is 719. The highest BCUT2D eigenvalue weighted by Gasteiger charge is 2.04. The topological polar surface area (TPSA) is 12.9 Å². The summed E-state index contributed by atoms with van der Waals surface area (Å²) in [5.74, 6) is 0. The molecule has 0 unspecified atom stereocenters. The summed E-state index contributed by atoms with van der Waals surface area (Å²) in [4.78, 5) is 4.37. The van der Waals surface area contributed by atoms with E-state index in [4.69, 9.17) is 23.2 Å². The van der Waals surface area contributed by atoms with Crippen LogP contribution in [0.1, 0.15) is 0 Å². The van der Waals surface area contributed by atoms with E-state index in [2.05, 4.69) is 11.1 Å². The molecule has 3 heteroatoms. The van der Waals surface area contributed by atoms with E-state index in [1.165, 1.54) is 0 Å². The van der Waals surface area contributed by atoms with Gasteiger partial charge in [0.05, 0.1) is 5.69 Å². The second-order valence-electron chi connectivity index (χ2n) is 4.45. The van der Waals surface area contributed by atoms with Crippen LogP contribution >= 0.6 is 23.2 Å². The molecular weight excluding hydrogens is 289 g/mol. The second kappa shape index (κ2) is 5.66. The molecule has 0 spiro atoms. The Morgan fingerprint density at radius 2 is 1.40 bits per heavy atom. The molecule has 0 saturated heterocycles. The molecule has 1 aromatic heterocycles. The lowest BCUT2D eigenvalue weighted by molar-refractivity contribution is 1.33. The Morgan fingerprint density at radius 1 is 0.650 bits per heavy atom. The number of benzene rings is 2. The van der Waals surface area contributed by atoms with Crippen molar-refractivity contribution in [2.24, 2.45) is 0 Å². The molecule has 0 amide bonds. The van der Waals surface area contributed by atoms with E-state index in [1.807, 2.05) is 48.5 Å². The number of nitrogens with zero attached hydrogens (tertiary/aromatic N) is 1. The molecule has 2 aromatic carbocycles. The Labute approximate surface area is 127 Å². The molecule has 0 aliphatic carbocycles. The van der Waals surface area contributed by atoms with Crippen LogP contribution in [0.5, 0.6) is 0 Å². The van der Waals surface area contributed by atoms with Gasteiger partial charge in [-0.05, 0) is 47.5 Å². The predicted molar refractivity (Wildman–Crippen MR) is 85.1 cm³/mol. The quantitative estimate of drug-likeness (QED) is 0.589. The third kappa shape index (κ3) is 2.84. The van der Waals surface area contributed by atoms with Crippen LogP contribution in [-0.2, 0) is 0 Å². The summed E-state index contributed by atoms with van der Waals surface area (Å²) in [6.45, 7) is 0. The van der Waals surface area contributed by atoms with E-state index in [0.717, 1.165) is 22.4 Å². The van der Waals surface area contributed by atoms with E-state index >= 15 is 0 Å². The van der Waals surface area contributed by atoms with Gasteiger partial charge in [0.1, 0.15) is 0 Å². The lowest BCUT2D eigenvalue weighted by Crippen LogP contribution is -1.84. The summed E-state index contributed by atoms with van der Waals surface area (Å²) in [5.41, 5.74) is 4.08. The molecule has 0 saturated carbocycles. The third-order valence-corrected chi connectivity index (χ3v) is 3.46. The number of aromatic nitrogens is 1. The molecule has 1 heterocycles. The summed E-state index contributed by atoms with van der Waals surface area (Å²) < 4.78 is 0. The van der Waals surface area contributed by atoms with Crippen molar-refractivity contribution in [3.63, 3.8) is 0 Å². The van der Waals surface area contributed by atoms with Crippen LogP contribution in [0.3, 0.4) is 0 Å². The second-order valence-corrected chi connectivity index (χ2v) is 5.33. The minimum atomic E-state index is 0.635. The number of halogens is 2. The van der Waals surface area contributed by atoms with E-state index < -0.39 is 0 Å². The minimum Gasteiger partial charge on any atom is -0.256 e. The molecule has 0 N–H and O–H groups in total. The van der Waals surface area contributed by atoms with Gasteiger partial charge in [-0.2, -0.15) is 0 Å². The monoisotopic (exact) mass is 299 g/mol. The zero-order valence-corrected chi connectivity index (χ0v) is 12.1. The largest absolute Gasteiger partial charge is 0.256 e. The van der Waals surface area contributed by atoms with Crippen LogP contribution in [0, 0.1) is 0 Å². The molecule has 1 nitrogen and oxygen atoms in total. The summed E-state index contributed by atoms with van der Waals surface area (Å²) >= 11 is 12.1. The summed E-state index contributed by atoms with van der Waals surface area (Å²) in [5, 5.41) is 1.27. The average Bonchev–Trinajstić information content (AvgIpc) is 2.47. The van der Waals surface area contributed by atoms with Gasteiger partial charge in [0.15, 0.2) is 0 Å². The SMILES string of the molecule is Clc1cc(Cl)cc(-c2cccc(-c3ccccn3)c2)c1. The Hall–Kier alpha value is -1.83. The maximum atomic E-state index is 6.06. The Kier molecular flexibility index (Phi) is 3.72.